The van der Waals surface area contributed by atoms with E-state index in [9.17, 15) is 15.0 Å². The molecule has 18 rings (SSSR count). The average Bonchev–Trinajstić information content (AvgIpc) is 1.61. The van der Waals surface area contributed by atoms with Crippen LogP contribution in [0.2, 0.25) is 0 Å². The Hall–Kier alpha value is -13.2. The van der Waals surface area contributed by atoms with Crippen molar-refractivity contribution in [3.8, 4) is 90.8 Å². The lowest BCUT2D eigenvalue weighted by molar-refractivity contribution is 0.0500. The summed E-state index contributed by atoms with van der Waals surface area (Å²) < 4.78 is 25.2. The number of aldehydes is 1. The number of imidazole rings is 4. The number of hydrogen-bond donors (Lipinski definition) is 6. The van der Waals surface area contributed by atoms with E-state index in [1.807, 2.05) is 200 Å². The number of para-hydroxylation sites is 8. The van der Waals surface area contributed by atoms with E-state index < -0.39 is 0 Å². The number of carbonyl (C=O) groups is 1. The molecular weight excluding hydrogens is 1260 g/mol. The summed E-state index contributed by atoms with van der Waals surface area (Å²) in [6, 6.07) is 88.4. The summed E-state index contributed by atoms with van der Waals surface area (Å²) >= 11 is 0. The van der Waals surface area contributed by atoms with Crippen molar-refractivity contribution in [2.75, 3.05) is 13.9 Å². The topological polar surface area (TPSA) is 209 Å². The van der Waals surface area contributed by atoms with E-state index in [-0.39, 0.29) is 37.9 Å². The molecule has 0 fully saturated rings. The highest BCUT2D eigenvalue weighted by molar-refractivity contribution is 6.13. The van der Waals surface area contributed by atoms with Crippen molar-refractivity contribution in [3.63, 3.8) is 0 Å². The largest absolute Gasteiger partial charge is 0.507 e. The number of aliphatic hydroxyl groups is 1. The van der Waals surface area contributed by atoms with Crippen LogP contribution >= 0.6 is 0 Å². The monoisotopic (exact) mass is 1320 g/mol. The van der Waals surface area contributed by atoms with Crippen molar-refractivity contribution in [2.24, 2.45) is 0 Å². The number of phenols is 1. The number of aliphatic hydroxyl groups excluding tert-OH is 1. The summed E-state index contributed by atoms with van der Waals surface area (Å²) in [5.41, 5.74) is 16.8. The zero-order chi connectivity index (χ0) is 67.9. The summed E-state index contributed by atoms with van der Waals surface area (Å²) in [6.45, 7) is 0.312. The van der Waals surface area contributed by atoms with Gasteiger partial charge < -0.3 is 49.1 Å². The molecule has 0 radical (unpaired) electrons. The molecule has 0 atom stereocenters. The molecule has 0 aliphatic heterocycles. The van der Waals surface area contributed by atoms with Crippen molar-refractivity contribution in [2.45, 2.75) is 19.8 Å². The third kappa shape index (κ3) is 11.7. The molecular formula is C86H62N8O7. The number of benzene rings is 14. The molecule has 0 saturated heterocycles. The van der Waals surface area contributed by atoms with Gasteiger partial charge in [-0.05, 0) is 163 Å². The van der Waals surface area contributed by atoms with Crippen molar-refractivity contribution >= 4 is 93.5 Å². The second-order valence-corrected chi connectivity index (χ2v) is 24.8. The quantitative estimate of drug-likeness (QED) is 0.0373. The smallest absolute Gasteiger partial charge is 0.188 e. The Labute approximate surface area is 578 Å². The van der Waals surface area contributed by atoms with Crippen LogP contribution in [0, 0.1) is 0 Å². The number of fused-ring (bicyclic) bond motifs is 8. The Morgan fingerprint density at radius 1 is 0.376 bits per heavy atom. The minimum atomic E-state index is -0.197. The molecule has 4 heterocycles. The van der Waals surface area contributed by atoms with Crippen LogP contribution < -0.4 is 14.2 Å². The van der Waals surface area contributed by atoms with E-state index in [1.54, 1.807) is 13.2 Å². The standard InChI is InChI=1S/C44H34N4O4.C42H28N4O3/c1-50-26-52-42-32(24-49)22-29-11-3-5-13-34(29)41(42)40-33-12-4-2-10-28(33)18-19-39(40)51-25-27-20-30(43-45-35-14-6-7-15-36(35)46-43)23-31(21-27)44-47-37-16-8-9-17-38(37)48-44;47-23-30-21-27-10-2-4-12-32(27)39(40(30)48)38-31-11-3-1-9-26(31)17-18-37(38)49-24-25-19-28(41-43-33-13-5-6-14-34(33)44-41)22-29(20-25)42-45-35-15-7-8-16-36(35)46-42/h2-23,49H,24-26H2,1H3,(H,45,46)(H,47,48);1-23,48H,24H2,(H,43,44)(H,45,46). The van der Waals surface area contributed by atoms with Gasteiger partial charge in [0, 0.05) is 57.2 Å². The maximum atomic E-state index is 12.1. The zero-order valence-electron chi connectivity index (χ0n) is 54.5. The molecule has 0 amide bonds. The van der Waals surface area contributed by atoms with E-state index in [2.05, 4.69) is 80.6 Å². The molecule has 0 unspecified atom stereocenters. The van der Waals surface area contributed by atoms with Crippen LogP contribution in [-0.2, 0) is 24.6 Å². The predicted octanol–water partition coefficient (Wildman–Crippen LogP) is 19.6. The number of H-pyrrole nitrogens is 4. The fourth-order valence-electron chi connectivity index (χ4n) is 13.8. The summed E-state index contributed by atoms with van der Waals surface area (Å²) in [5.74, 6) is 4.76. The lowest BCUT2D eigenvalue weighted by Gasteiger charge is -2.21. The SMILES string of the molecule is COCOc1c(CO)cc2ccccc2c1-c1c(OCc2cc(-c3nc4ccccc4[nH]3)cc(-c3nc4ccccc4[nH]3)c2)ccc2ccccc12.O=Cc1cc2ccccc2c(-c2c(OCc3cc(-c4nc5ccccc5[nH]4)cc(-c4nc5ccccc5[nH]4)c3)ccc3ccccc23)c1O. The first-order valence-electron chi connectivity index (χ1n) is 33.1. The van der Waals surface area contributed by atoms with Crippen LogP contribution in [0.25, 0.3) is 155 Å². The maximum Gasteiger partial charge on any atom is 0.188 e. The molecule has 488 valence electrons. The van der Waals surface area contributed by atoms with E-state index >= 15 is 0 Å². The highest BCUT2D eigenvalue weighted by Gasteiger charge is 2.25. The normalized spacial score (nSPS) is 11.5. The van der Waals surface area contributed by atoms with Crippen LogP contribution in [0.15, 0.2) is 267 Å². The first kappa shape index (κ1) is 61.4. The molecule has 6 N–H and O–H groups in total. The second-order valence-electron chi connectivity index (χ2n) is 24.8. The van der Waals surface area contributed by atoms with Crippen LogP contribution in [-0.4, -0.2) is 70.3 Å². The highest BCUT2D eigenvalue weighted by atomic mass is 16.7. The molecule has 0 bridgehead atoms. The van der Waals surface area contributed by atoms with Crippen LogP contribution in [0.4, 0.5) is 0 Å². The van der Waals surface area contributed by atoms with Crippen LogP contribution in [0.3, 0.4) is 0 Å². The minimum absolute atomic E-state index is 0.0262. The number of methoxy groups -OCH3 is 1. The number of aromatic amines is 4. The number of nitrogens with one attached hydrogen (secondary N) is 4. The number of aromatic nitrogens is 8. The first-order valence-corrected chi connectivity index (χ1v) is 33.1. The Kier molecular flexibility index (Phi) is 16.0. The Bertz CT molecular complexity index is 5910. The minimum Gasteiger partial charge on any atom is -0.507 e. The third-order valence-corrected chi connectivity index (χ3v) is 18.5. The molecule has 0 saturated carbocycles. The van der Waals surface area contributed by atoms with Crippen LogP contribution in [0.1, 0.15) is 27.0 Å². The van der Waals surface area contributed by atoms with E-state index in [0.29, 0.717) is 34.7 Å². The van der Waals surface area contributed by atoms with Crippen LogP contribution in [0.5, 0.6) is 23.0 Å². The summed E-state index contributed by atoms with van der Waals surface area (Å²) in [5, 5.41) is 29.7. The van der Waals surface area contributed by atoms with E-state index in [4.69, 9.17) is 38.9 Å². The maximum absolute atomic E-state index is 12.1. The number of carbonyl (C=O) groups excluding carboxylic acids is 1. The molecule has 18 aromatic rings. The van der Waals surface area contributed by atoms with E-state index in [1.165, 1.54) is 0 Å². The van der Waals surface area contributed by atoms with Crippen molar-refractivity contribution < 1.29 is 34.0 Å². The first-order chi connectivity index (χ1) is 49.8. The van der Waals surface area contributed by atoms with Gasteiger partial charge in [0.05, 0.1) is 56.3 Å². The van der Waals surface area contributed by atoms with Gasteiger partial charge >= 0.3 is 0 Å². The fourth-order valence-corrected chi connectivity index (χ4v) is 13.8. The highest BCUT2D eigenvalue weighted by Crippen LogP contribution is 2.49. The lowest BCUT2D eigenvalue weighted by Crippen LogP contribution is -2.05. The average molecular weight is 1320 g/mol. The van der Waals surface area contributed by atoms with Gasteiger partial charge in [0.25, 0.3) is 0 Å². The molecule has 0 aliphatic carbocycles. The Morgan fingerprint density at radius 3 is 1.13 bits per heavy atom. The van der Waals surface area contributed by atoms with Gasteiger partial charge in [-0.3, -0.25) is 4.79 Å². The number of rotatable bonds is 17. The van der Waals surface area contributed by atoms with Gasteiger partial charge in [-0.25, -0.2) is 19.9 Å². The van der Waals surface area contributed by atoms with Crippen molar-refractivity contribution in [3.05, 3.63) is 289 Å². The van der Waals surface area contributed by atoms with Gasteiger partial charge in [-0.2, -0.15) is 0 Å². The Balaban J connectivity index is 0.000000151. The van der Waals surface area contributed by atoms with Gasteiger partial charge in [0.15, 0.2) is 13.1 Å². The van der Waals surface area contributed by atoms with Gasteiger partial charge in [-0.1, -0.05) is 158 Å². The summed E-state index contributed by atoms with van der Waals surface area (Å²) in [7, 11) is 1.59. The fraction of sp³-hybridized carbons (Fsp3) is 0.0581. The van der Waals surface area contributed by atoms with Gasteiger partial charge in [0.1, 0.15) is 59.5 Å². The summed E-state index contributed by atoms with van der Waals surface area (Å²) in [4.78, 5) is 45.6. The number of phenolic OH excluding ortho intramolecular Hbond substituents is 1. The molecule has 101 heavy (non-hydrogen) atoms. The molecule has 15 heteroatoms. The second kappa shape index (κ2) is 26.3. The van der Waals surface area contributed by atoms with E-state index in [0.717, 1.165) is 161 Å². The van der Waals surface area contributed by atoms with Gasteiger partial charge in [0.2, 0.25) is 0 Å². The van der Waals surface area contributed by atoms with Gasteiger partial charge in [-0.15, -0.1) is 0 Å². The number of aromatic hydroxyl groups is 1. The molecule has 0 spiro atoms. The number of nitrogens with zero attached hydrogens (tertiary/aromatic N) is 4. The molecule has 14 aromatic carbocycles. The predicted molar refractivity (Wildman–Crippen MR) is 401 cm³/mol. The lowest BCUT2D eigenvalue weighted by atomic mass is 9.90. The Morgan fingerprint density at radius 2 is 0.733 bits per heavy atom. The van der Waals surface area contributed by atoms with Crippen molar-refractivity contribution in [1.82, 2.24) is 39.9 Å². The van der Waals surface area contributed by atoms with Crippen molar-refractivity contribution in [1.29, 1.82) is 0 Å². The molecule has 0 aliphatic rings. The molecule has 4 aromatic heterocycles. The number of hydrogen-bond acceptors (Lipinski definition) is 11. The zero-order valence-corrected chi connectivity index (χ0v) is 54.5. The third-order valence-electron chi connectivity index (χ3n) is 18.5. The number of ether oxygens (including phenoxy) is 4. The molecule has 15 nitrogen and oxygen atoms in total. The summed E-state index contributed by atoms with van der Waals surface area (Å²) in [6.07, 6.45) is 0.695.